The fourth-order valence-corrected chi connectivity index (χ4v) is 3.66. The fraction of sp³-hybridized carbons (Fsp3) is 0.538. The van der Waals surface area contributed by atoms with Gasteiger partial charge in [-0.15, -0.1) is 0 Å². The van der Waals surface area contributed by atoms with Gasteiger partial charge in [0.05, 0.1) is 12.8 Å². The lowest BCUT2D eigenvalue weighted by atomic mass is 10.2. The molecule has 2 heterocycles. The Morgan fingerprint density at radius 3 is 2.73 bits per heavy atom. The Bertz CT molecular complexity index is 693. The maximum Gasteiger partial charge on any atom is 0.339 e. The summed E-state index contributed by atoms with van der Waals surface area (Å²) in [4.78, 5) is 23.0. The van der Waals surface area contributed by atoms with Gasteiger partial charge in [-0.1, -0.05) is 0 Å². The van der Waals surface area contributed by atoms with Gasteiger partial charge in [0.1, 0.15) is 23.1 Å². The Morgan fingerprint density at radius 2 is 2.18 bits per heavy atom. The van der Waals surface area contributed by atoms with E-state index >= 15 is 0 Å². The highest BCUT2D eigenvalue weighted by molar-refractivity contribution is 7.88. The van der Waals surface area contributed by atoms with E-state index in [0.717, 1.165) is 6.26 Å². The van der Waals surface area contributed by atoms with E-state index in [4.69, 9.17) is 9.52 Å². The molecule has 0 radical (unpaired) electrons. The van der Waals surface area contributed by atoms with E-state index in [0.29, 0.717) is 25.1 Å². The van der Waals surface area contributed by atoms with E-state index in [1.165, 1.54) is 17.3 Å². The van der Waals surface area contributed by atoms with Crippen LogP contribution in [0.3, 0.4) is 0 Å². The molecule has 1 aliphatic heterocycles. The van der Waals surface area contributed by atoms with Crippen molar-refractivity contribution in [3.8, 4) is 0 Å². The molecule has 1 fully saturated rings. The van der Waals surface area contributed by atoms with Crippen molar-refractivity contribution >= 4 is 21.9 Å². The first-order valence-electron chi connectivity index (χ1n) is 6.77. The first-order chi connectivity index (χ1) is 10.2. The van der Waals surface area contributed by atoms with Gasteiger partial charge in [-0.25, -0.2) is 13.2 Å². The number of hydrogen-bond donors (Lipinski definition) is 2. The Hall–Kier alpha value is -1.87. The maximum absolute atomic E-state index is 12.1. The molecule has 8 nitrogen and oxygen atoms in total. The molecule has 0 bridgehead atoms. The molecule has 1 amide bonds. The molecule has 1 saturated heterocycles. The number of carbonyl (C=O) groups excluding carboxylic acids is 1. The third-order valence-corrected chi connectivity index (χ3v) is 4.86. The summed E-state index contributed by atoms with van der Waals surface area (Å²) in [7, 11) is -3.42. The number of furan rings is 1. The minimum atomic E-state index is -3.42. The standard InChI is InChI=1S/C13H18N2O6S/c1-8-10(13(17)18)6-9(21-8)7-14-12(16)11-4-3-5-15(11)22(2,19)20/h6,11H,3-5,7H2,1-2H3,(H,14,16)(H,17,18). The molecular weight excluding hydrogens is 312 g/mol. The van der Waals surface area contributed by atoms with E-state index < -0.39 is 27.9 Å². The molecule has 0 aromatic carbocycles. The zero-order valence-corrected chi connectivity index (χ0v) is 13.1. The van der Waals surface area contributed by atoms with Crippen LogP contribution in [0, 0.1) is 6.92 Å². The number of aryl methyl sites for hydroxylation is 1. The van der Waals surface area contributed by atoms with Crippen LogP contribution < -0.4 is 5.32 Å². The van der Waals surface area contributed by atoms with Crippen LogP contribution in [0.2, 0.25) is 0 Å². The summed E-state index contributed by atoms with van der Waals surface area (Å²) < 4.78 is 29.7. The normalized spacial score (nSPS) is 19.3. The van der Waals surface area contributed by atoms with Gasteiger partial charge in [-0.05, 0) is 25.8 Å². The number of amides is 1. The van der Waals surface area contributed by atoms with Crippen LogP contribution in [-0.4, -0.2) is 48.5 Å². The van der Waals surface area contributed by atoms with Crippen molar-refractivity contribution in [2.75, 3.05) is 12.8 Å². The smallest absolute Gasteiger partial charge is 0.339 e. The van der Waals surface area contributed by atoms with E-state index in [-0.39, 0.29) is 17.9 Å². The Labute approximate surface area is 128 Å². The molecule has 0 spiro atoms. The Balaban J connectivity index is 2.01. The first-order valence-corrected chi connectivity index (χ1v) is 8.62. The highest BCUT2D eigenvalue weighted by Crippen LogP contribution is 2.21. The number of hydrogen-bond acceptors (Lipinski definition) is 5. The van der Waals surface area contributed by atoms with Crippen LogP contribution in [0.15, 0.2) is 10.5 Å². The van der Waals surface area contributed by atoms with E-state index in [1.807, 2.05) is 0 Å². The molecule has 0 saturated carbocycles. The van der Waals surface area contributed by atoms with Gasteiger partial charge in [0.15, 0.2) is 0 Å². The third kappa shape index (κ3) is 3.47. The van der Waals surface area contributed by atoms with Crippen LogP contribution >= 0.6 is 0 Å². The van der Waals surface area contributed by atoms with Gasteiger partial charge < -0.3 is 14.8 Å². The third-order valence-electron chi connectivity index (χ3n) is 3.57. The number of carbonyl (C=O) groups is 2. The molecule has 1 aromatic rings. The van der Waals surface area contributed by atoms with Gasteiger partial charge in [-0.2, -0.15) is 4.31 Å². The SMILES string of the molecule is Cc1oc(CNC(=O)C2CCCN2S(C)(=O)=O)cc1C(=O)O. The molecule has 1 atom stereocenters. The van der Waals surface area contributed by atoms with Crippen LogP contribution in [0.1, 0.15) is 34.7 Å². The number of sulfonamides is 1. The minimum Gasteiger partial charge on any atom is -0.478 e. The summed E-state index contributed by atoms with van der Waals surface area (Å²) >= 11 is 0. The van der Waals surface area contributed by atoms with Crippen LogP contribution in [0.5, 0.6) is 0 Å². The van der Waals surface area contributed by atoms with Crippen molar-refractivity contribution in [2.24, 2.45) is 0 Å². The fourth-order valence-electron chi connectivity index (χ4n) is 2.53. The van der Waals surface area contributed by atoms with Gasteiger partial charge in [-0.3, -0.25) is 4.79 Å². The monoisotopic (exact) mass is 330 g/mol. The largest absolute Gasteiger partial charge is 0.478 e. The van der Waals surface area contributed by atoms with Crippen molar-refractivity contribution < 1.29 is 27.5 Å². The highest BCUT2D eigenvalue weighted by Gasteiger charge is 2.36. The number of aromatic carboxylic acids is 1. The van der Waals surface area contributed by atoms with E-state index in [9.17, 15) is 18.0 Å². The lowest BCUT2D eigenvalue weighted by Gasteiger charge is -2.21. The lowest BCUT2D eigenvalue weighted by Crippen LogP contribution is -2.45. The first kappa shape index (κ1) is 16.5. The Morgan fingerprint density at radius 1 is 1.50 bits per heavy atom. The molecule has 1 aromatic heterocycles. The number of nitrogens with zero attached hydrogens (tertiary/aromatic N) is 1. The lowest BCUT2D eigenvalue weighted by molar-refractivity contribution is -0.124. The quantitative estimate of drug-likeness (QED) is 0.803. The topological polar surface area (TPSA) is 117 Å². The van der Waals surface area contributed by atoms with Crippen molar-refractivity contribution in [2.45, 2.75) is 32.4 Å². The van der Waals surface area contributed by atoms with Crippen molar-refractivity contribution in [1.29, 1.82) is 0 Å². The van der Waals surface area contributed by atoms with Crippen molar-refractivity contribution in [1.82, 2.24) is 9.62 Å². The molecular formula is C13H18N2O6S. The summed E-state index contributed by atoms with van der Waals surface area (Å²) in [5, 5.41) is 11.5. The molecule has 1 unspecified atom stereocenters. The second kappa shape index (κ2) is 6.09. The predicted octanol–water partition coefficient (Wildman–Crippen LogP) is 0.326. The summed E-state index contributed by atoms with van der Waals surface area (Å²) in [6.45, 7) is 1.87. The molecule has 122 valence electrons. The number of nitrogens with one attached hydrogen (secondary N) is 1. The van der Waals surface area contributed by atoms with Crippen LogP contribution in [0.25, 0.3) is 0 Å². The molecule has 9 heteroatoms. The average Bonchev–Trinajstić information content (AvgIpc) is 3.01. The number of rotatable bonds is 5. The minimum absolute atomic E-state index is 0.0149. The van der Waals surface area contributed by atoms with Crippen LogP contribution in [-0.2, 0) is 21.4 Å². The Kier molecular flexibility index (Phi) is 4.57. The maximum atomic E-state index is 12.1. The van der Waals surface area contributed by atoms with Gasteiger partial charge in [0.25, 0.3) is 0 Å². The van der Waals surface area contributed by atoms with Crippen molar-refractivity contribution in [3.05, 3.63) is 23.2 Å². The van der Waals surface area contributed by atoms with Crippen LogP contribution in [0.4, 0.5) is 0 Å². The zero-order chi connectivity index (χ0) is 16.5. The highest BCUT2D eigenvalue weighted by atomic mass is 32.2. The van der Waals surface area contributed by atoms with Gasteiger partial charge >= 0.3 is 5.97 Å². The molecule has 22 heavy (non-hydrogen) atoms. The second-order valence-corrected chi connectivity index (χ2v) is 7.17. The predicted molar refractivity (Wildman–Crippen MR) is 76.8 cm³/mol. The van der Waals surface area contributed by atoms with Gasteiger partial charge in [0, 0.05) is 6.54 Å². The number of carboxylic acids is 1. The molecule has 2 N–H and O–H groups in total. The average molecular weight is 330 g/mol. The van der Waals surface area contributed by atoms with E-state index in [2.05, 4.69) is 5.32 Å². The summed E-state index contributed by atoms with van der Waals surface area (Å²) in [6.07, 6.45) is 2.18. The molecule has 2 rings (SSSR count). The molecule has 1 aliphatic rings. The summed E-state index contributed by atoms with van der Waals surface area (Å²) in [5.41, 5.74) is 0.0443. The van der Waals surface area contributed by atoms with Crippen molar-refractivity contribution in [3.63, 3.8) is 0 Å². The molecule has 0 aliphatic carbocycles. The summed E-state index contributed by atoms with van der Waals surface area (Å²) in [5.74, 6) is -0.936. The number of carboxylic acid groups (broad SMARTS) is 1. The summed E-state index contributed by atoms with van der Waals surface area (Å²) in [6, 6.07) is 0.631. The van der Waals surface area contributed by atoms with E-state index in [1.54, 1.807) is 0 Å². The second-order valence-electron chi connectivity index (χ2n) is 5.24. The van der Waals surface area contributed by atoms with Gasteiger partial charge in [0.2, 0.25) is 15.9 Å². The zero-order valence-electron chi connectivity index (χ0n) is 12.3.